The fourth-order valence-corrected chi connectivity index (χ4v) is 2.92. The first kappa shape index (κ1) is 18.3. The maximum atomic E-state index is 13.1. The van der Waals surface area contributed by atoms with E-state index in [1.165, 1.54) is 0 Å². The van der Waals surface area contributed by atoms with Crippen LogP contribution in [0.2, 0.25) is 0 Å². The van der Waals surface area contributed by atoms with E-state index >= 15 is 0 Å². The van der Waals surface area contributed by atoms with Crippen molar-refractivity contribution < 1.29 is 9.53 Å². The Hall–Kier alpha value is -0.720. The molecule has 1 amide bonds. The molecule has 2 N–H and O–H groups in total. The number of amides is 1. The van der Waals surface area contributed by atoms with Crippen molar-refractivity contribution in [2.24, 2.45) is 17.1 Å². The van der Waals surface area contributed by atoms with E-state index in [9.17, 15) is 4.79 Å². The first-order valence-electron chi connectivity index (χ1n) is 7.61. The van der Waals surface area contributed by atoms with Gasteiger partial charge in [0, 0.05) is 32.8 Å². The van der Waals surface area contributed by atoms with Crippen molar-refractivity contribution in [2.45, 2.75) is 26.7 Å². The van der Waals surface area contributed by atoms with Gasteiger partial charge in [-0.25, -0.2) is 0 Å². The molecule has 0 aromatic heterocycles. The third-order valence-electron chi connectivity index (χ3n) is 3.92. The summed E-state index contributed by atoms with van der Waals surface area (Å²) in [6, 6.07) is 0. The normalized spacial score (nSPS) is 18.0. The summed E-state index contributed by atoms with van der Waals surface area (Å²) in [5.74, 6) is 0.494. The lowest BCUT2D eigenvalue weighted by Crippen LogP contribution is -2.54. The Labute approximate surface area is 133 Å². The van der Waals surface area contributed by atoms with Crippen LogP contribution in [-0.4, -0.2) is 67.6 Å². The predicted octanol–water partition coefficient (Wildman–Crippen LogP) is 1.12. The molecule has 0 radical (unpaired) electrons. The van der Waals surface area contributed by atoms with Gasteiger partial charge in [-0.1, -0.05) is 26.1 Å². The second-order valence-corrected chi connectivity index (χ2v) is 6.95. The molecule has 1 saturated heterocycles. The monoisotopic (exact) mass is 315 g/mol. The fraction of sp³-hybridized carbons (Fsp3) is 0.867. The Bertz CT molecular complexity index is 366. The molecule has 0 aromatic carbocycles. The minimum Gasteiger partial charge on any atom is -0.392 e. The molecule has 0 aliphatic carbocycles. The van der Waals surface area contributed by atoms with Crippen LogP contribution in [0.3, 0.4) is 0 Å². The van der Waals surface area contributed by atoms with Gasteiger partial charge in [-0.2, -0.15) is 0 Å². The molecule has 0 unspecified atom stereocenters. The van der Waals surface area contributed by atoms with Crippen molar-refractivity contribution in [3.05, 3.63) is 0 Å². The van der Waals surface area contributed by atoms with Crippen molar-refractivity contribution >= 4 is 23.1 Å². The quantitative estimate of drug-likeness (QED) is 0.713. The zero-order chi connectivity index (χ0) is 16.0. The Balaban J connectivity index is 2.91. The number of ether oxygens (including phenoxy) is 1. The minimum atomic E-state index is -0.714. The number of nitrogens with two attached hydrogens (primary N) is 1. The average Bonchev–Trinajstić information content (AvgIpc) is 2.42. The van der Waals surface area contributed by atoms with Crippen LogP contribution in [0.1, 0.15) is 26.7 Å². The van der Waals surface area contributed by atoms with Crippen LogP contribution in [0.4, 0.5) is 0 Å². The summed E-state index contributed by atoms with van der Waals surface area (Å²) in [7, 11) is 4.02. The molecule has 0 spiro atoms. The SMILES string of the molecule is CC(C)CN(CCN(C)C)C(=O)C1(C(N)=S)CCOCC1. The molecule has 5 nitrogen and oxygen atoms in total. The van der Waals surface area contributed by atoms with E-state index in [1.54, 1.807) is 0 Å². The van der Waals surface area contributed by atoms with Crippen LogP contribution < -0.4 is 5.73 Å². The van der Waals surface area contributed by atoms with Gasteiger partial charge in [0.05, 0.1) is 4.99 Å². The summed E-state index contributed by atoms with van der Waals surface area (Å²) >= 11 is 5.24. The van der Waals surface area contributed by atoms with Crippen molar-refractivity contribution in [2.75, 3.05) is 46.9 Å². The summed E-state index contributed by atoms with van der Waals surface area (Å²) in [5.41, 5.74) is 5.23. The first-order chi connectivity index (χ1) is 9.79. The molecule has 6 heteroatoms. The summed E-state index contributed by atoms with van der Waals surface area (Å²) in [6.45, 7) is 7.61. The van der Waals surface area contributed by atoms with E-state index < -0.39 is 5.41 Å². The Morgan fingerprint density at radius 3 is 2.29 bits per heavy atom. The van der Waals surface area contributed by atoms with E-state index in [2.05, 4.69) is 18.7 Å². The third-order valence-corrected chi connectivity index (χ3v) is 4.31. The highest BCUT2D eigenvalue weighted by atomic mass is 32.1. The van der Waals surface area contributed by atoms with E-state index in [1.807, 2.05) is 19.0 Å². The van der Waals surface area contributed by atoms with Gasteiger partial charge in [-0.05, 0) is 32.9 Å². The van der Waals surface area contributed by atoms with Gasteiger partial charge < -0.3 is 20.3 Å². The minimum absolute atomic E-state index is 0.0776. The largest absolute Gasteiger partial charge is 0.392 e. The number of thiocarbonyl (C=S) groups is 1. The highest BCUT2D eigenvalue weighted by molar-refractivity contribution is 7.80. The number of carbonyl (C=O) groups is 1. The topological polar surface area (TPSA) is 58.8 Å². The molecule has 1 aliphatic rings. The van der Waals surface area contributed by atoms with Gasteiger partial charge in [-0.15, -0.1) is 0 Å². The molecular weight excluding hydrogens is 286 g/mol. The summed E-state index contributed by atoms with van der Waals surface area (Å²) in [5, 5.41) is 0. The summed E-state index contributed by atoms with van der Waals surface area (Å²) in [4.78, 5) is 17.4. The predicted molar refractivity (Wildman–Crippen MR) is 89.2 cm³/mol. The number of carbonyl (C=O) groups excluding carboxylic acids is 1. The second-order valence-electron chi connectivity index (χ2n) is 6.51. The van der Waals surface area contributed by atoms with Crippen LogP contribution in [0.25, 0.3) is 0 Å². The van der Waals surface area contributed by atoms with Gasteiger partial charge in [0.1, 0.15) is 5.41 Å². The lowest BCUT2D eigenvalue weighted by atomic mass is 9.78. The standard InChI is InChI=1S/C15H29N3O2S/c1-12(2)11-18(8-7-17(3)4)14(19)15(13(16)21)5-9-20-10-6-15/h12H,5-11H2,1-4H3,(H2,16,21). The van der Waals surface area contributed by atoms with E-state index in [0.717, 1.165) is 13.1 Å². The third kappa shape index (κ3) is 4.90. The van der Waals surface area contributed by atoms with Crippen molar-refractivity contribution in [3.63, 3.8) is 0 Å². The number of rotatable bonds is 7. The van der Waals surface area contributed by atoms with Crippen molar-refractivity contribution in [1.82, 2.24) is 9.80 Å². The smallest absolute Gasteiger partial charge is 0.235 e. The Morgan fingerprint density at radius 1 is 1.29 bits per heavy atom. The zero-order valence-electron chi connectivity index (χ0n) is 13.7. The van der Waals surface area contributed by atoms with E-state index in [-0.39, 0.29) is 5.91 Å². The number of hydrogen-bond donors (Lipinski definition) is 1. The number of likely N-dealkylation sites (N-methyl/N-ethyl adjacent to an activating group) is 1. The molecule has 122 valence electrons. The van der Waals surface area contributed by atoms with Crippen LogP contribution >= 0.6 is 12.2 Å². The van der Waals surface area contributed by atoms with Gasteiger partial charge in [0.2, 0.25) is 5.91 Å². The van der Waals surface area contributed by atoms with Crippen LogP contribution in [-0.2, 0) is 9.53 Å². The molecular formula is C15H29N3O2S. The van der Waals surface area contributed by atoms with Gasteiger partial charge in [0.25, 0.3) is 0 Å². The Morgan fingerprint density at radius 2 is 1.86 bits per heavy atom. The highest BCUT2D eigenvalue weighted by Gasteiger charge is 2.45. The fourth-order valence-electron chi connectivity index (χ4n) is 2.63. The van der Waals surface area contributed by atoms with E-state index in [0.29, 0.717) is 43.5 Å². The highest BCUT2D eigenvalue weighted by Crippen LogP contribution is 2.33. The molecule has 1 heterocycles. The molecule has 0 aromatic rings. The second kappa shape index (κ2) is 8.06. The molecule has 21 heavy (non-hydrogen) atoms. The van der Waals surface area contributed by atoms with Crippen molar-refractivity contribution in [3.8, 4) is 0 Å². The molecule has 1 aliphatic heterocycles. The number of nitrogens with zero attached hydrogens (tertiary/aromatic N) is 2. The zero-order valence-corrected chi connectivity index (χ0v) is 14.5. The van der Waals surface area contributed by atoms with Gasteiger partial charge in [0.15, 0.2) is 0 Å². The lowest BCUT2D eigenvalue weighted by molar-refractivity contribution is -0.143. The van der Waals surface area contributed by atoms with Gasteiger partial charge in [-0.3, -0.25) is 4.79 Å². The molecule has 0 saturated carbocycles. The maximum Gasteiger partial charge on any atom is 0.235 e. The molecule has 1 fully saturated rings. The average molecular weight is 315 g/mol. The van der Waals surface area contributed by atoms with Gasteiger partial charge >= 0.3 is 0 Å². The maximum absolute atomic E-state index is 13.1. The van der Waals surface area contributed by atoms with Crippen LogP contribution in [0.5, 0.6) is 0 Å². The Kier molecular flexibility index (Phi) is 7.03. The number of hydrogen-bond acceptors (Lipinski definition) is 4. The molecule has 1 rings (SSSR count). The molecule has 0 bridgehead atoms. The lowest BCUT2D eigenvalue weighted by Gasteiger charge is -2.39. The van der Waals surface area contributed by atoms with Crippen LogP contribution in [0, 0.1) is 11.3 Å². The summed E-state index contributed by atoms with van der Waals surface area (Å²) < 4.78 is 5.39. The summed E-state index contributed by atoms with van der Waals surface area (Å²) in [6.07, 6.45) is 1.19. The first-order valence-corrected chi connectivity index (χ1v) is 8.02. The van der Waals surface area contributed by atoms with E-state index in [4.69, 9.17) is 22.7 Å². The van der Waals surface area contributed by atoms with Crippen LogP contribution in [0.15, 0.2) is 0 Å². The molecule has 0 atom stereocenters. The van der Waals surface area contributed by atoms with Crippen molar-refractivity contribution in [1.29, 1.82) is 0 Å².